The first-order valence-electron chi connectivity index (χ1n) is 7.80. The maximum Gasteiger partial charge on any atom is 0.341 e. The van der Waals surface area contributed by atoms with E-state index in [2.05, 4.69) is 23.7 Å². The van der Waals surface area contributed by atoms with E-state index < -0.39 is 5.97 Å². The third-order valence-electron chi connectivity index (χ3n) is 4.09. The first-order valence-corrected chi connectivity index (χ1v) is 8.68. The number of nitrogens with one attached hydrogen (secondary N) is 1. The molecule has 0 saturated heterocycles. The van der Waals surface area contributed by atoms with Gasteiger partial charge in [0.25, 0.3) is 0 Å². The molecule has 0 aliphatic heterocycles. The van der Waals surface area contributed by atoms with Gasteiger partial charge in [-0.2, -0.15) is 0 Å². The zero-order chi connectivity index (χ0) is 17.1. The topological polar surface area (TPSA) is 75.6 Å². The molecule has 2 aromatic rings. The van der Waals surface area contributed by atoms with Crippen LogP contribution in [0.5, 0.6) is 5.75 Å². The van der Waals surface area contributed by atoms with Crippen LogP contribution in [0, 0.1) is 12.8 Å². The molecule has 0 spiro atoms. The molecule has 1 amide bonds. The molecular weight excluding hydrogens is 326 g/mol. The quantitative estimate of drug-likeness (QED) is 0.809. The van der Waals surface area contributed by atoms with Crippen molar-refractivity contribution in [2.24, 2.45) is 5.92 Å². The molecule has 2 unspecified atom stereocenters. The highest BCUT2D eigenvalue weighted by Crippen LogP contribution is 2.50. The van der Waals surface area contributed by atoms with Crippen LogP contribution in [0.1, 0.15) is 28.3 Å². The Morgan fingerprint density at radius 3 is 2.92 bits per heavy atom. The van der Waals surface area contributed by atoms with Crippen molar-refractivity contribution < 1.29 is 19.4 Å². The normalized spacial score (nSPS) is 18.9. The van der Waals surface area contributed by atoms with Crippen LogP contribution in [0.3, 0.4) is 0 Å². The summed E-state index contributed by atoms with van der Waals surface area (Å²) < 4.78 is 5.14. The van der Waals surface area contributed by atoms with Crippen molar-refractivity contribution in [2.45, 2.75) is 25.8 Å². The van der Waals surface area contributed by atoms with Crippen molar-refractivity contribution in [1.29, 1.82) is 0 Å². The number of carbonyl (C=O) groups excluding carboxylic acids is 1. The molecule has 1 fully saturated rings. The van der Waals surface area contributed by atoms with Gasteiger partial charge < -0.3 is 15.2 Å². The average molecular weight is 345 g/mol. The molecule has 1 aliphatic carbocycles. The van der Waals surface area contributed by atoms with Gasteiger partial charge in [-0.05, 0) is 48.1 Å². The van der Waals surface area contributed by atoms with E-state index in [9.17, 15) is 9.59 Å². The Balaban J connectivity index is 1.51. The number of carboxylic acid groups (broad SMARTS) is 1. The van der Waals surface area contributed by atoms with E-state index in [-0.39, 0.29) is 18.4 Å². The van der Waals surface area contributed by atoms with Crippen LogP contribution in [-0.2, 0) is 16.1 Å². The van der Waals surface area contributed by atoms with E-state index in [1.165, 1.54) is 10.4 Å². The molecule has 6 heteroatoms. The highest BCUT2D eigenvalue weighted by Gasteiger charge is 2.45. The second-order valence-corrected chi connectivity index (χ2v) is 6.91. The number of benzene rings is 1. The van der Waals surface area contributed by atoms with Crippen LogP contribution < -0.4 is 10.1 Å². The highest BCUT2D eigenvalue weighted by atomic mass is 32.1. The molecule has 2 N–H and O–H groups in total. The molecule has 1 aromatic carbocycles. The van der Waals surface area contributed by atoms with Crippen molar-refractivity contribution in [3.63, 3.8) is 0 Å². The summed E-state index contributed by atoms with van der Waals surface area (Å²) in [6.07, 6.45) is 0.912. The first-order chi connectivity index (χ1) is 11.5. The summed E-state index contributed by atoms with van der Waals surface area (Å²) in [5, 5.41) is 13.7. The summed E-state index contributed by atoms with van der Waals surface area (Å²) >= 11 is 1.72. The third-order valence-corrected chi connectivity index (χ3v) is 5.24. The van der Waals surface area contributed by atoms with Gasteiger partial charge in [0.1, 0.15) is 5.75 Å². The fourth-order valence-electron chi connectivity index (χ4n) is 2.75. The molecule has 3 rings (SSSR count). The maximum absolute atomic E-state index is 12.3. The van der Waals surface area contributed by atoms with Crippen molar-refractivity contribution in [2.75, 3.05) is 6.61 Å². The molecule has 2 atom stereocenters. The average Bonchev–Trinajstić information content (AvgIpc) is 3.25. The summed E-state index contributed by atoms with van der Waals surface area (Å²) in [6.45, 7) is 2.12. The summed E-state index contributed by atoms with van der Waals surface area (Å²) in [5.74, 6) is -0.0336. The lowest BCUT2D eigenvalue weighted by molar-refractivity contribution is -0.139. The predicted octanol–water partition coefficient (Wildman–Crippen LogP) is 2.94. The minimum Gasteiger partial charge on any atom is -0.482 e. The van der Waals surface area contributed by atoms with E-state index in [1.807, 2.05) is 6.07 Å². The minimum atomic E-state index is -1.02. The van der Waals surface area contributed by atoms with Gasteiger partial charge in [0.05, 0.1) is 0 Å². The second-order valence-electron chi connectivity index (χ2n) is 5.96. The third kappa shape index (κ3) is 3.94. The molecule has 126 valence electrons. The van der Waals surface area contributed by atoms with Gasteiger partial charge >= 0.3 is 5.97 Å². The lowest BCUT2D eigenvalue weighted by Gasteiger charge is -2.08. The summed E-state index contributed by atoms with van der Waals surface area (Å²) in [7, 11) is 0. The molecule has 0 radical (unpaired) electrons. The molecule has 1 aliphatic rings. The van der Waals surface area contributed by atoms with Gasteiger partial charge in [-0.15, -0.1) is 11.3 Å². The van der Waals surface area contributed by atoms with Gasteiger partial charge in [0, 0.05) is 23.3 Å². The minimum absolute atomic E-state index is 0.0637. The Morgan fingerprint density at radius 1 is 1.38 bits per heavy atom. The standard InChI is InChI=1S/C18H19NO4S/c1-11-5-6-24-17(11)14-8-15(14)18(22)19-9-12-3-2-4-13(7-12)23-10-16(20)21/h2-7,14-15H,8-10H2,1H3,(H,19,22)(H,20,21). The fourth-order valence-corrected chi connectivity index (χ4v) is 3.86. The van der Waals surface area contributed by atoms with Crippen molar-refractivity contribution >= 4 is 23.2 Å². The number of thiophene rings is 1. The van der Waals surface area contributed by atoms with E-state index >= 15 is 0 Å². The number of amides is 1. The van der Waals surface area contributed by atoms with E-state index in [4.69, 9.17) is 9.84 Å². The zero-order valence-electron chi connectivity index (χ0n) is 13.3. The summed E-state index contributed by atoms with van der Waals surface area (Å²) in [5.41, 5.74) is 2.15. The van der Waals surface area contributed by atoms with Crippen LogP contribution in [0.2, 0.25) is 0 Å². The molecule has 24 heavy (non-hydrogen) atoms. The summed E-state index contributed by atoms with van der Waals surface area (Å²) in [4.78, 5) is 24.1. The maximum atomic E-state index is 12.3. The van der Waals surface area contributed by atoms with E-state index in [0.29, 0.717) is 18.2 Å². The van der Waals surface area contributed by atoms with Crippen molar-refractivity contribution in [3.05, 3.63) is 51.7 Å². The lowest BCUT2D eigenvalue weighted by atomic mass is 10.2. The van der Waals surface area contributed by atoms with Crippen molar-refractivity contribution in [1.82, 2.24) is 5.32 Å². The van der Waals surface area contributed by atoms with Gasteiger partial charge in [0.15, 0.2) is 6.61 Å². The first kappa shape index (κ1) is 16.5. The predicted molar refractivity (Wildman–Crippen MR) is 91.3 cm³/mol. The van der Waals surface area contributed by atoms with Gasteiger partial charge in [-0.25, -0.2) is 4.79 Å². The molecule has 1 saturated carbocycles. The number of rotatable bonds is 7. The molecule has 5 nitrogen and oxygen atoms in total. The van der Waals surface area contributed by atoms with Gasteiger partial charge in [-0.3, -0.25) is 4.79 Å². The Labute approximate surface area is 144 Å². The number of carbonyl (C=O) groups is 2. The molecular formula is C18H19NO4S. The van der Waals surface area contributed by atoms with Crippen LogP contribution in [-0.4, -0.2) is 23.6 Å². The number of aryl methyl sites for hydroxylation is 1. The summed E-state index contributed by atoms with van der Waals surface area (Å²) in [6, 6.07) is 9.20. The fraction of sp³-hybridized carbons (Fsp3) is 0.333. The van der Waals surface area contributed by atoms with Gasteiger partial charge in [0.2, 0.25) is 5.91 Å². The van der Waals surface area contributed by atoms with Crippen LogP contribution in [0.25, 0.3) is 0 Å². The van der Waals surface area contributed by atoms with E-state index in [0.717, 1.165) is 12.0 Å². The zero-order valence-corrected chi connectivity index (χ0v) is 14.1. The number of carboxylic acids is 1. The largest absolute Gasteiger partial charge is 0.482 e. The Kier molecular flexibility index (Phi) is 4.85. The van der Waals surface area contributed by atoms with E-state index in [1.54, 1.807) is 29.5 Å². The Morgan fingerprint density at radius 2 is 2.21 bits per heavy atom. The number of aliphatic carboxylic acids is 1. The number of hydrogen-bond acceptors (Lipinski definition) is 4. The number of hydrogen-bond donors (Lipinski definition) is 2. The highest BCUT2D eigenvalue weighted by molar-refractivity contribution is 7.10. The molecule has 1 aromatic heterocycles. The van der Waals surface area contributed by atoms with Crippen molar-refractivity contribution in [3.8, 4) is 5.75 Å². The lowest BCUT2D eigenvalue weighted by Crippen LogP contribution is -2.24. The van der Waals surface area contributed by atoms with Crippen LogP contribution >= 0.6 is 11.3 Å². The Bertz CT molecular complexity index is 755. The second kappa shape index (κ2) is 7.05. The molecule has 0 bridgehead atoms. The Hall–Kier alpha value is -2.34. The SMILES string of the molecule is Cc1ccsc1C1CC1C(=O)NCc1cccc(OCC(=O)O)c1. The monoisotopic (exact) mass is 345 g/mol. The van der Waals surface area contributed by atoms with Gasteiger partial charge in [-0.1, -0.05) is 12.1 Å². The molecule has 1 heterocycles. The number of ether oxygens (including phenoxy) is 1. The van der Waals surface area contributed by atoms with Crippen LogP contribution in [0.4, 0.5) is 0 Å². The smallest absolute Gasteiger partial charge is 0.341 e. The van der Waals surface area contributed by atoms with Crippen LogP contribution in [0.15, 0.2) is 35.7 Å².